The Hall–Kier alpha value is -2.37. The first-order chi connectivity index (χ1) is 14.8. The summed E-state index contributed by atoms with van der Waals surface area (Å²) in [6.07, 6.45) is 3.05. The van der Waals surface area contributed by atoms with E-state index >= 15 is 0 Å². The molecule has 0 spiro atoms. The highest BCUT2D eigenvalue weighted by Gasteiger charge is 2.12. The van der Waals surface area contributed by atoms with E-state index < -0.39 is 0 Å². The SMILES string of the molecule is CCNC(=NCC(Cc1ccccc1)c1ccccc1)NCCCCOCCOC. The van der Waals surface area contributed by atoms with Crippen molar-refractivity contribution in [2.75, 3.05) is 46.6 Å². The zero-order valence-corrected chi connectivity index (χ0v) is 18.5. The van der Waals surface area contributed by atoms with E-state index in [4.69, 9.17) is 14.5 Å². The van der Waals surface area contributed by atoms with Crippen molar-refractivity contribution in [1.29, 1.82) is 0 Å². The predicted molar refractivity (Wildman–Crippen MR) is 125 cm³/mol. The lowest BCUT2D eigenvalue weighted by molar-refractivity contribution is 0.0689. The number of benzene rings is 2. The fraction of sp³-hybridized carbons (Fsp3) is 0.480. The minimum Gasteiger partial charge on any atom is -0.382 e. The number of aliphatic imine (C=N–C) groups is 1. The maximum Gasteiger partial charge on any atom is 0.191 e. The van der Waals surface area contributed by atoms with Crippen LogP contribution in [0, 0.1) is 0 Å². The van der Waals surface area contributed by atoms with Crippen LogP contribution in [0.3, 0.4) is 0 Å². The Kier molecular flexibility index (Phi) is 12.3. The van der Waals surface area contributed by atoms with Gasteiger partial charge in [-0.05, 0) is 37.3 Å². The molecule has 5 nitrogen and oxygen atoms in total. The van der Waals surface area contributed by atoms with Gasteiger partial charge in [-0.3, -0.25) is 4.99 Å². The standard InChI is InChI=1S/C25H37N3O2/c1-3-26-25(27-16-10-11-17-30-19-18-29-2)28-21-24(23-14-8-5-9-15-23)20-22-12-6-4-7-13-22/h4-9,12-15,24H,3,10-11,16-21H2,1-2H3,(H2,26,27,28). The Bertz CT molecular complexity index is 692. The molecule has 2 rings (SSSR count). The molecular weight excluding hydrogens is 374 g/mol. The molecule has 0 amide bonds. The Morgan fingerprint density at radius 3 is 2.33 bits per heavy atom. The average molecular weight is 412 g/mol. The number of nitrogens with one attached hydrogen (secondary N) is 2. The molecule has 30 heavy (non-hydrogen) atoms. The van der Waals surface area contributed by atoms with Crippen molar-refractivity contribution in [3.05, 3.63) is 71.8 Å². The topological polar surface area (TPSA) is 54.9 Å². The molecule has 0 radical (unpaired) electrons. The maximum absolute atomic E-state index is 5.51. The molecule has 0 aliphatic rings. The summed E-state index contributed by atoms with van der Waals surface area (Å²) in [5.41, 5.74) is 2.67. The van der Waals surface area contributed by atoms with E-state index in [-0.39, 0.29) is 0 Å². The van der Waals surface area contributed by atoms with E-state index in [1.165, 1.54) is 11.1 Å². The van der Waals surface area contributed by atoms with E-state index in [2.05, 4.69) is 78.2 Å². The van der Waals surface area contributed by atoms with Crippen LogP contribution in [-0.4, -0.2) is 52.5 Å². The molecule has 0 aromatic heterocycles. The summed E-state index contributed by atoms with van der Waals surface area (Å²) in [5, 5.41) is 6.82. The monoisotopic (exact) mass is 411 g/mol. The lowest BCUT2D eigenvalue weighted by Crippen LogP contribution is -2.38. The van der Waals surface area contributed by atoms with E-state index in [1.54, 1.807) is 7.11 Å². The van der Waals surface area contributed by atoms with Crippen molar-refractivity contribution in [1.82, 2.24) is 10.6 Å². The van der Waals surface area contributed by atoms with Gasteiger partial charge in [-0.15, -0.1) is 0 Å². The molecule has 2 N–H and O–H groups in total. The van der Waals surface area contributed by atoms with Gasteiger partial charge in [0.25, 0.3) is 0 Å². The molecule has 0 saturated heterocycles. The van der Waals surface area contributed by atoms with Crippen LogP contribution in [0.2, 0.25) is 0 Å². The molecule has 2 aromatic carbocycles. The van der Waals surface area contributed by atoms with E-state index in [0.717, 1.165) is 51.5 Å². The summed E-state index contributed by atoms with van der Waals surface area (Å²) in [7, 11) is 1.69. The van der Waals surface area contributed by atoms with Gasteiger partial charge in [-0.25, -0.2) is 0 Å². The second kappa shape index (κ2) is 15.5. The second-order valence-corrected chi connectivity index (χ2v) is 7.26. The molecule has 0 saturated carbocycles. The highest BCUT2D eigenvalue weighted by molar-refractivity contribution is 5.79. The molecule has 5 heteroatoms. The third-order valence-electron chi connectivity index (χ3n) is 4.85. The van der Waals surface area contributed by atoms with E-state index in [9.17, 15) is 0 Å². The number of methoxy groups -OCH3 is 1. The second-order valence-electron chi connectivity index (χ2n) is 7.26. The van der Waals surface area contributed by atoms with Crippen LogP contribution in [0.15, 0.2) is 65.7 Å². The van der Waals surface area contributed by atoms with Crippen LogP contribution in [0.1, 0.15) is 36.8 Å². The zero-order valence-electron chi connectivity index (χ0n) is 18.5. The number of hydrogen-bond donors (Lipinski definition) is 2. The predicted octanol–water partition coefficient (Wildman–Crippen LogP) is 4.01. The van der Waals surface area contributed by atoms with Gasteiger partial charge in [0, 0.05) is 39.3 Å². The van der Waals surface area contributed by atoms with Crippen LogP contribution in [0.5, 0.6) is 0 Å². The van der Waals surface area contributed by atoms with Crippen molar-refractivity contribution in [2.24, 2.45) is 4.99 Å². The number of rotatable bonds is 14. The van der Waals surface area contributed by atoms with Gasteiger partial charge >= 0.3 is 0 Å². The molecule has 0 fully saturated rings. The number of ether oxygens (including phenoxy) is 2. The van der Waals surface area contributed by atoms with E-state index in [1.807, 2.05) is 0 Å². The zero-order chi connectivity index (χ0) is 21.3. The number of unbranched alkanes of at least 4 members (excludes halogenated alkanes) is 1. The van der Waals surface area contributed by atoms with Gasteiger partial charge in [0.15, 0.2) is 5.96 Å². The Labute approximate surface area is 181 Å². The lowest BCUT2D eigenvalue weighted by Gasteiger charge is -2.17. The highest BCUT2D eigenvalue weighted by Crippen LogP contribution is 2.21. The summed E-state index contributed by atoms with van der Waals surface area (Å²) < 4.78 is 10.5. The Morgan fingerprint density at radius 1 is 0.900 bits per heavy atom. The van der Waals surface area contributed by atoms with Crippen molar-refractivity contribution in [2.45, 2.75) is 32.1 Å². The highest BCUT2D eigenvalue weighted by atomic mass is 16.5. The molecule has 164 valence electrons. The fourth-order valence-corrected chi connectivity index (χ4v) is 3.24. The molecule has 0 aliphatic heterocycles. The Morgan fingerprint density at radius 2 is 1.63 bits per heavy atom. The molecule has 2 aromatic rings. The van der Waals surface area contributed by atoms with Crippen LogP contribution >= 0.6 is 0 Å². The van der Waals surface area contributed by atoms with Crippen LogP contribution in [0.4, 0.5) is 0 Å². The molecule has 0 aliphatic carbocycles. The molecule has 0 bridgehead atoms. The van der Waals surface area contributed by atoms with Crippen LogP contribution < -0.4 is 10.6 Å². The summed E-state index contributed by atoms with van der Waals surface area (Å²) in [6, 6.07) is 21.3. The fourth-order valence-electron chi connectivity index (χ4n) is 3.24. The molecule has 1 unspecified atom stereocenters. The van der Waals surface area contributed by atoms with E-state index in [0.29, 0.717) is 19.1 Å². The Balaban J connectivity index is 1.88. The number of hydrogen-bond acceptors (Lipinski definition) is 3. The van der Waals surface area contributed by atoms with Crippen molar-refractivity contribution < 1.29 is 9.47 Å². The summed E-state index contributed by atoms with van der Waals surface area (Å²) in [6.45, 7) is 6.66. The summed E-state index contributed by atoms with van der Waals surface area (Å²) in [4.78, 5) is 4.89. The normalized spacial score (nSPS) is 12.5. The van der Waals surface area contributed by atoms with Crippen molar-refractivity contribution in [3.8, 4) is 0 Å². The quantitative estimate of drug-likeness (QED) is 0.280. The molecular formula is C25H37N3O2. The van der Waals surface area contributed by atoms with Gasteiger partial charge in [0.2, 0.25) is 0 Å². The molecule has 1 atom stereocenters. The largest absolute Gasteiger partial charge is 0.382 e. The van der Waals surface area contributed by atoms with Gasteiger partial charge in [-0.1, -0.05) is 60.7 Å². The summed E-state index contributed by atoms with van der Waals surface area (Å²) >= 11 is 0. The van der Waals surface area contributed by atoms with Crippen LogP contribution in [0.25, 0.3) is 0 Å². The number of nitrogens with zero attached hydrogens (tertiary/aromatic N) is 1. The smallest absolute Gasteiger partial charge is 0.191 e. The van der Waals surface area contributed by atoms with Gasteiger partial charge < -0.3 is 20.1 Å². The van der Waals surface area contributed by atoms with Gasteiger partial charge in [0.1, 0.15) is 0 Å². The number of guanidine groups is 1. The first-order valence-corrected chi connectivity index (χ1v) is 11.0. The molecule has 0 heterocycles. The summed E-state index contributed by atoms with van der Waals surface area (Å²) in [5.74, 6) is 1.23. The first kappa shape index (κ1) is 23.9. The van der Waals surface area contributed by atoms with Crippen LogP contribution in [-0.2, 0) is 15.9 Å². The third-order valence-corrected chi connectivity index (χ3v) is 4.85. The minimum absolute atomic E-state index is 0.346. The van der Waals surface area contributed by atoms with Crippen molar-refractivity contribution in [3.63, 3.8) is 0 Å². The first-order valence-electron chi connectivity index (χ1n) is 11.0. The lowest BCUT2D eigenvalue weighted by atomic mass is 9.92. The van der Waals surface area contributed by atoms with Gasteiger partial charge in [0.05, 0.1) is 13.2 Å². The van der Waals surface area contributed by atoms with Gasteiger partial charge in [-0.2, -0.15) is 0 Å². The maximum atomic E-state index is 5.51. The van der Waals surface area contributed by atoms with Crippen molar-refractivity contribution >= 4 is 5.96 Å². The minimum atomic E-state index is 0.346. The third kappa shape index (κ3) is 9.90. The average Bonchev–Trinajstić information content (AvgIpc) is 2.79.